The summed E-state index contributed by atoms with van der Waals surface area (Å²) in [4.78, 5) is 29.4. The van der Waals surface area contributed by atoms with Gasteiger partial charge < -0.3 is 14.4 Å². The second kappa shape index (κ2) is 6.87. The molecule has 0 spiro atoms. The Labute approximate surface area is 162 Å². The number of ether oxygens (including phenoxy) is 1. The highest BCUT2D eigenvalue weighted by atomic mass is 16.5. The van der Waals surface area contributed by atoms with Crippen LogP contribution < -0.4 is 5.56 Å². The van der Waals surface area contributed by atoms with E-state index in [-0.39, 0.29) is 12.2 Å². The third-order valence-corrected chi connectivity index (χ3v) is 5.34. The summed E-state index contributed by atoms with van der Waals surface area (Å²) in [6, 6.07) is 9.65. The molecule has 1 aromatic carbocycles. The lowest BCUT2D eigenvalue weighted by atomic mass is 9.97. The molecule has 0 unspecified atom stereocenters. The van der Waals surface area contributed by atoms with Crippen molar-refractivity contribution in [2.75, 3.05) is 0 Å². The van der Waals surface area contributed by atoms with Gasteiger partial charge in [0.1, 0.15) is 6.61 Å². The van der Waals surface area contributed by atoms with Crippen LogP contribution in [0.3, 0.4) is 0 Å². The molecule has 0 saturated carbocycles. The van der Waals surface area contributed by atoms with E-state index in [0.29, 0.717) is 23.4 Å². The van der Waals surface area contributed by atoms with Gasteiger partial charge in [0.2, 0.25) is 0 Å². The van der Waals surface area contributed by atoms with Gasteiger partial charge in [0.25, 0.3) is 5.56 Å². The summed E-state index contributed by atoms with van der Waals surface area (Å²) in [5.74, 6) is -0.721. The van der Waals surface area contributed by atoms with Crippen LogP contribution in [0.2, 0.25) is 0 Å². The van der Waals surface area contributed by atoms with E-state index in [1.54, 1.807) is 10.6 Å². The zero-order valence-corrected chi connectivity index (χ0v) is 16.2. The van der Waals surface area contributed by atoms with Crippen molar-refractivity contribution in [3.8, 4) is 11.4 Å². The maximum atomic E-state index is 13.0. The fourth-order valence-corrected chi connectivity index (χ4v) is 4.06. The molecule has 1 N–H and O–H groups in total. The molecule has 6 nitrogen and oxygen atoms in total. The number of benzene rings is 1. The largest absolute Gasteiger partial charge is 0.458 e. The fraction of sp³-hybridized carbons (Fsp3) is 0.318. The van der Waals surface area contributed by atoms with Gasteiger partial charge in [-0.25, -0.2) is 9.78 Å². The van der Waals surface area contributed by atoms with Crippen molar-refractivity contribution in [3.63, 3.8) is 0 Å². The number of cyclic esters (lactones) is 1. The monoisotopic (exact) mass is 378 g/mol. The molecule has 0 aliphatic carbocycles. The Balaban J connectivity index is 0.000000932. The minimum atomic E-state index is -1.42. The van der Waals surface area contributed by atoms with Crippen molar-refractivity contribution in [1.29, 1.82) is 0 Å². The summed E-state index contributed by atoms with van der Waals surface area (Å²) in [6.07, 6.45) is -0.592. The molecule has 1 atom stereocenters. The summed E-state index contributed by atoms with van der Waals surface area (Å²) >= 11 is 0. The fourth-order valence-electron chi connectivity index (χ4n) is 4.06. The Kier molecular flexibility index (Phi) is 4.51. The number of hydrogen-bond acceptors (Lipinski definition) is 5. The molecule has 0 bridgehead atoms. The quantitative estimate of drug-likeness (QED) is 0.515. The Hall–Kier alpha value is -2.99. The highest BCUT2D eigenvalue weighted by Gasteiger charge is 2.34. The van der Waals surface area contributed by atoms with E-state index in [1.165, 1.54) is 5.56 Å². The SMILES string of the molecule is CC.CCc1c2c(nc3ccccc13)-c1cc3c(c(=O)n1C2)COC(=O)[C@H]3O. The number of aryl methyl sites for hydroxylation is 1. The van der Waals surface area contributed by atoms with Crippen molar-refractivity contribution in [1.82, 2.24) is 9.55 Å². The summed E-state index contributed by atoms with van der Waals surface area (Å²) in [6.45, 7) is 6.44. The maximum Gasteiger partial charge on any atom is 0.340 e. The van der Waals surface area contributed by atoms with E-state index in [2.05, 4.69) is 13.0 Å². The van der Waals surface area contributed by atoms with E-state index in [9.17, 15) is 14.7 Å². The molecule has 4 heterocycles. The summed E-state index contributed by atoms with van der Waals surface area (Å²) in [7, 11) is 0. The molecule has 6 heteroatoms. The van der Waals surface area contributed by atoms with Crippen molar-refractivity contribution in [3.05, 3.63) is 62.9 Å². The number of esters is 1. The first-order chi connectivity index (χ1) is 13.6. The third kappa shape index (κ3) is 2.48. The van der Waals surface area contributed by atoms with Gasteiger partial charge in [0.15, 0.2) is 6.10 Å². The number of fused-ring (bicyclic) bond motifs is 5. The Morgan fingerprint density at radius 2 is 1.96 bits per heavy atom. The molecular weight excluding hydrogens is 356 g/mol. The molecule has 0 radical (unpaired) electrons. The van der Waals surface area contributed by atoms with Gasteiger partial charge in [-0.15, -0.1) is 0 Å². The van der Waals surface area contributed by atoms with E-state index < -0.39 is 12.1 Å². The highest BCUT2D eigenvalue weighted by molar-refractivity contribution is 5.88. The molecule has 144 valence electrons. The minimum absolute atomic E-state index is 0.100. The second-order valence-corrected chi connectivity index (χ2v) is 6.65. The molecule has 0 fully saturated rings. The lowest BCUT2D eigenvalue weighted by molar-refractivity contribution is -0.157. The first-order valence-electron chi connectivity index (χ1n) is 9.62. The zero-order valence-electron chi connectivity index (χ0n) is 16.2. The number of carbonyl (C=O) groups excluding carboxylic acids is 1. The van der Waals surface area contributed by atoms with Crippen LogP contribution in [0.15, 0.2) is 35.1 Å². The van der Waals surface area contributed by atoms with Gasteiger partial charge in [-0.2, -0.15) is 0 Å². The number of carbonyl (C=O) groups is 1. The van der Waals surface area contributed by atoms with Crippen LogP contribution in [0.1, 0.15) is 49.1 Å². The van der Waals surface area contributed by atoms with Gasteiger partial charge in [0.05, 0.1) is 29.0 Å². The van der Waals surface area contributed by atoms with E-state index in [4.69, 9.17) is 9.72 Å². The summed E-state index contributed by atoms with van der Waals surface area (Å²) < 4.78 is 6.59. The van der Waals surface area contributed by atoms with Gasteiger partial charge in [-0.05, 0) is 24.1 Å². The van der Waals surface area contributed by atoms with Gasteiger partial charge in [-0.1, -0.05) is 39.0 Å². The summed E-state index contributed by atoms with van der Waals surface area (Å²) in [5.41, 5.74) is 4.95. The molecule has 28 heavy (non-hydrogen) atoms. The smallest absolute Gasteiger partial charge is 0.340 e. The van der Waals surface area contributed by atoms with Crippen LogP contribution in [0.4, 0.5) is 0 Å². The minimum Gasteiger partial charge on any atom is -0.458 e. The maximum absolute atomic E-state index is 13.0. The van der Waals surface area contributed by atoms with Gasteiger partial charge >= 0.3 is 5.97 Å². The van der Waals surface area contributed by atoms with Crippen LogP contribution in [0, 0.1) is 0 Å². The van der Waals surface area contributed by atoms with Crippen molar-refractivity contribution < 1.29 is 14.6 Å². The normalized spacial score (nSPS) is 16.6. The Morgan fingerprint density at radius 3 is 2.71 bits per heavy atom. The zero-order chi connectivity index (χ0) is 20.0. The van der Waals surface area contributed by atoms with Gasteiger partial charge in [0, 0.05) is 16.5 Å². The topological polar surface area (TPSA) is 81.4 Å². The Morgan fingerprint density at radius 1 is 1.21 bits per heavy atom. The number of aliphatic hydroxyl groups is 1. The first kappa shape index (κ1) is 18.4. The van der Waals surface area contributed by atoms with Crippen molar-refractivity contribution in [2.45, 2.75) is 46.4 Å². The number of para-hydroxylation sites is 1. The summed E-state index contributed by atoms with van der Waals surface area (Å²) in [5, 5.41) is 11.3. The standard InChI is InChI=1S/C20H16N2O4.C2H6/c1-2-10-11-5-3-4-6-15(11)21-17-13(10)8-22-16(17)7-12-14(19(22)24)9-26-20(25)18(12)23;1-2/h3-7,18,23H,2,8-9H2,1H3;1-2H3/t18-;/m0./s1. The van der Waals surface area contributed by atoms with Crippen LogP contribution in [0.25, 0.3) is 22.3 Å². The van der Waals surface area contributed by atoms with Crippen molar-refractivity contribution >= 4 is 16.9 Å². The number of hydrogen-bond donors (Lipinski definition) is 1. The molecular formula is C22H22N2O4. The number of pyridine rings is 2. The first-order valence-corrected chi connectivity index (χ1v) is 9.62. The van der Waals surface area contributed by atoms with Gasteiger partial charge in [-0.3, -0.25) is 4.79 Å². The van der Waals surface area contributed by atoms with Crippen LogP contribution in [0.5, 0.6) is 0 Å². The average molecular weight is 378 g/mol. The van der Waals surface area contributed by atoms with E-state index in [1.807, 2.05) is 32.0 Å². The lowest BCUT2D eigenvalue weighted by Gasteiger charge is -2.21. The predicted octanol–water partition coefficient (Wildman–Crippen LogP) is 3.10. The number of nitrogens with zero attached hydrogens (tertiary/aromatic N) is 2. The molecule has 5 rings (SSSR count). The molecule has 0 amide bonds. The van der Waals surface area contributed by atoms with Crippen molar-refractivity contribution in [2.24, 2.45) is 0 Å². The van der Waals surface area contributed by atoms with Crippen LogP contribution in [-0.4, -0.2) is 20.6 Å². The Bertz CT molecular complexity index is 1160. The highest BCUT2D eigenvalue weighted by Crippen LogP contribution is 2.37. The third-order valence-electron chi connectivity index (χ3n) is 5.34. The second-order valence-electron chi connectivity index (χ2n) is 6.65. The number of aliphatic hydroxyl groups excluding tert-OH is 1. The average Bonchev–Trinajstić information content (AvgIpc) is 3.09. The predicted molar refractivity (Wildman–Crippen MR) is 106 cm³/mol. The number of rotatable bonds is 1. The van der Waals surface area contributed by atoms with Crippen LogP contribution in [-0.2, 0) is 29.1 Å². The number of aromatic nitrogens is 2. The lowest BCUT2D eigenvalue weighted by Crippen LogP contribution is -2.32. The molecule has 2 aliphatic heterocycles. The molecule has 2 aromatic heterocycles. The van der Waals surface area contributed by atoms with E-state index in [0.717, 1.165) is 28.6 Å². The molecule has 3 aromatic rings. The molecule has 0 saturated heterocycles. The molecule has 2 aliphatic rings. The van der Waals surface area contributed by atoms with Crippen LogP contribution >= 0.6 is 0 Å². The van der Waals surface area contributed by atoms with E-state index >= 15 is 0 Å².